The lowest BCUT2D eigenvalue weighted by molar-refractivity contribution is 0.410. The first-order chi connectivity index (χ1) is 6.49. The summed E-state index contributed by atoms with van der Waals surface area (Å²) in [6, 6.07) is 0. The molecule has 0 aromatic rings. The summed E-state index contributed by atoms with van der Waals surface area (Å²) in [7, 11) is 5.17. The number of hydrogen-bond acceptors (Lipinski definition) is 4. The number of amidine groups is 1. The highest BCUT2D eigenvalue weighted by molar-refractivity contribution is 8.56. The zero-order chi connectivity index (χ0) is 11.2. The van der Waals surface area contributed by atoms with Gasteiger partial charge in [0.1, 0.15) is 0 Å². The maximum absolute atomic E-state index is 12.0. The van der Waals surface area contributed by atoms with Crippen LogP contribution in [0.1, 0.15) is 6.92 Å². The minimum atomic E-state index is -2.88. The van der Waals surface area contributed by atoms with Crippen LogP contribution in [0.5, 0.6) is 0 Å². The molecule has 0 aliphatic carbocycles. The molecule has 0 aliphatic heterocycles. The highest BCUT2D eigenvalue weighted by Gasteiger charge is 2.21. The first-order valence-corrected chi connectivity index (χ1v) is 8.50. The van der Waals surface area contributed by atoms with Gasteiger partial charge in [0.2, 0.25) is 0 Å². The molecule has 0 saturated heterocycles. The summed E-state index contributed by atoms with van der Waals surface area (Å²) in [5.74, 6) is 0.726. The van der Waals surface area contributed by atoms with Gasteiger partial charge in [-0.1, -0.05) is 18.7 Å². The van der Waals surface area contributed by atoms with Crippen LogP contribution < -0.4 is 0 Å². The summed E-state index contributed by atoms with van der Waals surface area (Å²) < 4.78 is 21.1. The molecule has 14 heavy (non-hydrogen) atoms. The largest absolute Gasteiger partial charge is 0.373 e. The molecule has 0 amide bonds. The number of rotatable bonds is 4. The molecule has 0 aromatic heterocycles. The summed E-state index contributed by atoms with van der Waals surface area (Å²) in [4.78, 5) is 1.83. The highest BCUT2D eigenvalue weighted by atomic mass is 32.7. The summed E-state index contributed by atoms with van der Waals surface area (Å²) in [5.41, 5.74) is 0. The number of hydrogen-bond donors (Lipinski definition) is 0. The monoisotopic (exact) mass is 256 g/mol. The second-order valence-electron chi connectivity index (χ2n) is 2.55. The summed E-state index contributed by atoms with van der Waals surface area (Å²) in [6.45, 7) is -0.954. The molecule has 84 valence electrons. The van der Waals surface area contributed by atoms with Gasteiger partial charge in [-0.15, -0.1) is 0 Å². The fourth-order valence-electron chi connectivity index (χ4n) is 0.703. The molecule has 0 heterocycles. The van der Waals surface area contributed by atoms with Gasteiger partial charge in [-0.3, -0.25) is 4.57 Å². The van der Waals surface area contributed by atoms with E-state index in [9.17, 15) is 4.57 Å². The lowest BCUT2D eigenvalue weighted by Crippen LogP contribution is -2.18. The van der Waals surface area contributed by atoms with E-state index < -0.39 is 6.72 Å². The molecule has 0 aliphatic rings. The maximum Gasteiger partial charge on any atom is 0.373 e. The van der Waals surface area contributed by atoms with E-state index in [0.29, 0.717) is 0 Å². The van der Waals surface area contributed by atoms with Crippen molar-refractivity contribution >= 4 is 35.0 Å². The van der Waals surface area contributed by atoms with Gasteiger partial charge >= 0.3 is 6.72 Å². The van der Waals surface area contributed by atoms with Gasteiger partial charge in [0, 0.05) is 27.0 Å². The third-order valence-electron chi connectivity index (χ3n) is 1.30. The standard InChI is InChI=1S/C7H17N2O2PS2/c1-6-14-12(10,11-4)8-7(13-5)9(2)3/h6H2,1-5H3/b8-7-. The van der Waals surface area contributed by atoms with Gasteiger partial charge in [-0.05, 0) is 17.6 Å². The predicted molar refractivity (Wildman–Crippen MR) is 67.4 cm³/mol. The topological polar surface area (TPSA) is 41.9 Å². The lowest BCUT2D eigenvalue weighted by atomic mass is 10.9. The SMILES string of the molecule is CCSP(=O)(/N=C(\SC)N(C)C)OC. The summed E-state index contributed by atoms with van der Waals surface area (Å²) in [6.07, 6.45) is 1.90. The van der Waals surface area contributed by atoms with Crippen molar-refractivity contribution in [2.24, 2.45) is 4.76 Å². The smallest absolute Gasteiger partial charge is 0.357 e. The van der Waals surface area contributed by atoms with Gasteiger partial charge < -0.3 is 9.42 Å². The van der Waals surface area contributed by atoms with Gasteiger partial charge in [0.25, 0.3) is 0 Å². The molecule has 0 bridgehead atoms. The minimum absolute atomic E-state index is 0.719. The molecule has 0 spiro atoms. The van der Waals surface area contributed by atoms with E-state index in [-0.39, 0.29) is 0 Å². The molecule has 7 heteroatoms. The van der Waals surface area contributed by atoms with E-state index in [2.05, 4.69) is 4.76 Å². The van der Waals surface area contributed by atoms with Crippen LogP contribution >= 0.6 is 29.9 Å². The second kappa shape index (κ2) is 6.77. The Morgan fingerprint density at radius 3 is 2.43 bits per heavy atom. The highest BCUT2D eigenvalue weighted by Crippen LogP contribution is 2.60. The van der Waals surface area contributed by atoms with Crippen molar-refractivity contribution in [1.82, 2.24) is 4.90 Å². The van der Waals surface area contributed by atoms with Crippen molar-refractivity contribution in [3.8, 4) is 0 Å². The third-order valence-corrected chi connectivity index (χ3v) is 6.18. The molecule has 1 atom stereocenters. The van der Waals surface area contributed by atoms with E-state index in [4.69, 9.17) is 4.52 Å². The van der Waals surface area contributed by atoms with Gasteiger partial charge in [0.15, 0.2) is 5.17 Å². The van der Waals surface area contributed by atoms with Crippen LogP contribution in [0.2, 0.25) is 0 Å². The first kappa shape index (κ1) is 14.4. The molecule has 0 rings (SSSR count). The average molecular weight is 256 g/mol. The molecule has 4 nitrogen and oxygen atoms in total. The number of thioether (sulfide) groups is 1. The third kappa shape index (κ3) is 4.73. The Morgan fingerprint density at radius 2 is 2.14 bits per heavy atom. The molecule has 0 N–H and O–H groups in total. The van der Waals surface area contributed by atoms with Crippen molar-refractivity contribution in [2.75, 3.05) is 33.2 Å². The Morgan fingerprint density at radius 1 is 1.57 bits per heavy atom. The van der Waals surface area contributed by atoms with Gasteiger partial charge in [-0.2, -0.15) is 4.76 Å². The molecule has 0 fully saturated rings. The van der Waals surface area contributed by atoms with Crippen LogP contribution in [0.15, 0.2) is 4.76 Å². The van der Waals surface area contributed by atoms with E-state index in [1.54, 1.807) is 0 Å². The first-order valence-electron chi connectivity index (χ1n) is 4.11. The van der Waals surface area contributed by atoms with Crippen LogP contribution in [0.4, 0.5) is 0 Å². The lowest BCUT2D eigenvalue weighted by Gasteiger charge is -2.16. The van der Waals surface area contributed by atoms with Crippen LogP contribution in [0, 0.1) is 0 Å². The fraction of sp³-hybridized carbons (Fsp3) is 0.857. The summed E-state index contributed by atoms with van der Waals surface area (Å²) in [5, 5.41) is 0.719. The van der Waals surface area contributed by atoms with Crippen LogP contribution in [0.25, 0.3) is 0 Å². The number of nitrogens with zero attached hydrogens (tertiary/aromatic N) is 2. The van der Waals surface area contributed by atoms with Crippen molar-refractivity contribution in [3.05, 3.63) is 0 Å². The predicted octanol–water partition coefficient (Wildman–Crippen LogP) is 2.77. The van der Waals surface area contributed by atoms with Gasteiger partial charge in [-0.25, -0.2) is 0 Å². The van der Waals surface area contributed by atoms with E-state index >= 15 is 0 Å². The molecule has 0 aromatic carbocycles. The maximum atomic E-state index is 12.0. The Hall–Kier alpha value is 0.360. The Labute approximate surface area is 94.1 Å². The zero-order valence-electron chi connectivity index (χ0n) is 9.18. The van der Waals surface area contributed by atoms with E-state index in [0.717, 1.165) is 10.9 Å². The van der Waals surface area contributed by atoms with Crippen LogP contribution in [-0.2, 0) is 9.09 Å². The van der Waals surface area contributed by atoms with Crippen molar-refractivity contribution in [2.45, 2.75) is 6.92 Å². The Kier molecular flexibility index (Phi) is 6.95. The average Bonchev–Trinajstić information content (AvgIpc) is 2.14. The quantitative estimate of drug-likeness (QED) is 0.439. The van der Waals surface area contributed by atoms with Crippen molar-refractivity contribution in [1.29, 1.82) is 0 Å². The summed E-state index contributed by atoms with van der Waals surface area (Å²) >= 11 is 2.70. The zero-order valence-corrected chi connectivity index (χ0v) is 11.7. The Bertz CT molecular complexity index is 246. The molecule has 0 saturated carbocycles. The van der Waals surface area contributed by atoms with Crippen molar-refractivity contribution < 1.29 is 9.09 Å². The van der Waals surface area contributed by atoms with Gasteiger partial charge in [0.05, 0.1) is 0 Å². The Balaban J connectivity index is 4.77. The fourth-order valence-corrected chi connectivity index (χ4v) is 4.53. The van der Waals surface area contributed by atoms with Crippen LogP contribution in [-0.4, -0.2) is 43.3 Å². The molecule has 0 radical (unpaired) electrons. The molecular weight excluding hydrogens is 239 g/mol. The normalized spacial score (nSPS) is 16.5. The minimum Gasteiger partial charge on any atom is -0.357 e. The van der Waals surface area contributed by atoms with Crippen LogP contribution in [0.3, 0.4) is 0 Å². The van der Waals surface area contributed by atoms with E-state index in [1.807, 2.05) is 32.2 Å². The van der Waals surface area contributed by atoms with Crippen molar-refractivity contribution in [3.63, 3.8) is 0 Å². The molecular formula is C7H17N2O2PS2. The molecule has 1 unspecified atom stereocenters. The second-order valence-corrected chi connectivity index (χ2v) is 7.82. The van der Waals surface area contributed by atoms with E-state index in [1.165, 1.54) is 30.3 Å².